The Morgan fingerprint density at radius 2 is 2.10 bits per heavy atom. The van der Waals surface area contributed by atoms with Gasteiger partial charge in [-0.05, 0) is 52.2 Å². The molecular formula is C17H26N2O2. The van der Waals surface area contributed by atoms with E-state index in [0.29, 0.717) is 0 Å². The Bertz CT molecular complexity index is 494. The van der Waals surface area contributed by atoms with Crippen molar-refractivity contribution in [2.75, 3.05) is 18.4 Å². The fourth-order valence-electron chi connectivity index (χ4n) is 2.61. The highest BCUT2D eigenvalue weighted by Crippen LogP contribution is 2.22. The zero-order valence-electron chi connectivity index (χ0n) is 13.5. The average molecular weight is 290 g/mol. The molecule has 0 saturated carbocycles. The molecule has 1 aliphatic rings. The van der Waals surface area contributed by atoms with Crippen LogP contribution in [0.5, 0.6) is 0 Å². The zero-order valence-corrected chi connectivity index (χ0v) is 13.5. The molecular weight excluding hydrogens is 264 g/mol. The molecule has 0 spiro atoms. The number of aryl methyl sites for hydroxylation is 1. The third-order valence-electron chi connectivity index (χ3n) is 3.68. The van der Waals surface area contributed by atoms with Gasteiger partial charge in [-0.3, -0.25) is 0 Å². The van der Waals surface area contributed by atoms with E-state index in [1.165, 1.54) is 5.56 Å². The van der Waals surface area contributed by atoms with Crippen LogP contribution in [0.15, 0.2) is 24.3 Å². The summed E-state index contributed by atoms with van der Waals surface area (Å²) in [6.45, 7) is 9.35. The number of nitrogens with one attached hydrogen (secondary N) is 1. The largest absolute Gasteiger partial charge is 0.444 e. The number of para-hydroxylation sites is 1. The molecule has 1 aromatic rings. The van der Waals surface area contributed by atoms with E-state index in [1.807, 2.05) is 37.8 Å². The summed E-state index contributed by atoms with van der Waals surface area (Å²) in [6, 6.07) is 8.42. The number of hydrogen-bond donors (Lipinski definition) is 1. The van der Waals surface area contributed by atoms with Gasteiger partial charge >= 0.3 is 6.09 Å². The summed E-state index contributed by atoms with van der Waals surface area (Å²) < 4.78 is 5.49. The van der Waals surface area contributed by atoms with Gasteiger partial charge in [0.1, 0.15) is 5.60 Å². The summed E-state index contributed by atoms with van der Waals surface area (Å²) in [5, 5.41) is 3.45. The van der Waals surface area contributed by atoms with E-state index >= 15 is 0 Å². The van der Waals surface area contributed by atoms with Gasteiger partial charge in [0.25, 0.3) is 0 Å². The van der Waals surface area contributed by atoms with Crippen LogP contribution in [-0.4, -0.2) is 35.7 Å². The predicted octanol–water partition coefficient (Wildman–Crippen LogP) is 3.81. The van der Waals surface area contributed by atoms with E-state index in [2.05, 4.69) is 24.4 Å². The molecule has 0 aliphatic carbocycles. The Morgan fingerprint density at radius 3 is 2.76 bits per heavy atom. The molecule has 1 fully saturated rings. The molecule has 2 rings (SSSR count). The number of rotatable bonds is 3. The van der Waals surface area contributed by atoms with Crippen LogP contribution in [-0.2, 0) is 4.74 Å². The Labute approximate surface area is 127 Å². The Morgan fingerprint density at radius 1 is 1.38 bits per heavy atom. The lowest BCUT2D eigenvalue weighted by Crippen LogP contribution is -2.42. The van der Waals surface area contributed by atoms with Crippen LogP contribution in [0.25, 0.3) is 0 Å². The van der Waals surface area contributed by atoms with Crippen LogP contribution < -0.4 is 5.32 Å². The van der Waals surface area contributed by atoms with Gasteiger partial charge in [-0.25, -0.2) is 4.79 Å². The number of carbonyl (C=O) groups excluding carboxylic acids is 1. The van der Waals surface area contributed by atoms with Gasteiger partial charge in [-0.15, -0.1) is 0 Å². The summed E-state index contributed by atoms with van der Waals surface area (Å²) in [5.74, 6) is 0. The number of ether oxygens (including phenoxy) is 1. The highest BCUT2D eigenvalue weighted by Gasteiger charge is 2.31. The summed E-state index contributed by atoms with van der Waals surface area (Å²) >= 11 is 0. The average Bonchev–Trinajstić information content (AvgIpc) is 2.84. The van der Waals surface area contributed by atoms with E-state index in [-0.39, 0.29) is 12.1 Å². The molecule has 1 amide bonds. The number of carbonyl (C=O) groups is 1. The minimum atomic E-state index is -0.437. The predicted molar refractivity (Wildman–Crippen MR) is 85.6 cm³/mol. The Balaban J connectivity index is 1.93. The normalized spacial score (nSPS) is 18.7. The van der Waals surface area contributed by atoms with Crippen LogP contribution in [0.1, 0.15) is 39.2 Å². The second-order valence-corrected chi connectivity index (χ2v) is 6.67. The molecule has 1 aliphatic heterocycles. The van der Waals surface area contributed by atoms with Crippen molar-refractivity contribution in [3.63, 3.8) is 0 Å². The Hall–Kier alpha value is -1.71. The first-order chi connectivity index (χ1) is 9.87. The third kappa shape index (κ3) is 4.38. The maximum absolute atomic E-state index is 12.2. The lowest BCUT2D eigenvalue weighted by Gasteiger charge is -2.29. The van der Waals surface area contributed by atoms with Gasteiger partial charge in [-0.2, -0.15) is 0 Å². The van der Waals surface area contributed by atoms with Crippen LogP contribution in [0, 0.1) is 6.92 Å². The third-order valence-corrected chi connectivity index (χ3v) is 3.68. The molecule has 4 heteroatoms. The fraction of sp³-hybridized carbons (Fsp3) is 0.588. The van der Waals surface area contributed by atoms with Crippen molar-refractivity contribution in [2.24, 2.45) is 0 Å². The summed E-state index contributed by atoms with van der Waals surface area (Å²) in [4.78, 5) is 14.1. The number of likely N-dealkylation sites (tertiary alicyclic amines) is 1. The van der Waals surface area contributed by atoms with Crippen molar-refractivity contribution in [3.8, 4) is 0 Å². The number of hydrogen-bond acceptors (Lipinski definition) is 3. The summed E-state index contributed by atoms with van der Waals surface area (Å²) in [5.41, 5.74) is 1.92. The first kappa shape index (κ1) is 15.7. The zero-order chi connectivity index (χ0) is 15.5. The number of anilines is 1. The maximum Gasteiger partial charge on any atom is 0.410 e. The van der Waals surface area contributed by atoms with Crippen molar-refractivity contribution in [2.45, 2.75) is 52.2 Å². The molecule has 1 saturated heterocycles. The van der Waals surface area contributed by atoms with Gasteiger partial charge in [0.05, 0.1) is 6.04 Å². The minimum absolute atomic E-state index is 0.198. The number of nitrogens with zero attached hydrogens (tertiary/aromatic N) is 1. The van der Waals surface area contributed by atoms with Crippen LogP contribution in [0.2, 0.25) is 0 Å². The monoisotopic (exact) mass is 290 g/mol. The van der Waals surface area contributed by atoms with Crippen molar-refractivity contribution in [1.82, 2.24) is 4.90 Å². The van der Waals surface area contributed by atoms with Crippen molar-refractivity contribution < 1.29 is 9.53 Å². The molecule has 1 heterocycles. The van der Waals surface area contributed by atoms with Crippen molar-refractivity contribution >= 4 is 11.8 Å². The second kappa shape index (κ2) is 6.37. The molecule has 1 unspecified atom stereocenters. The van der Waals surface area contributed by atoms with E-state index in [4.69, 9.17) is 4.74 Å². The van der Waals surface area contributed by atoms with Crippen molar-refractivity contribution in [1.29, 1.82) is 0 Å². The molecule has 1 atom stereocenters. The quantitative estimate of drug-likeness (QED) is 0.920. The molecule has 0 bridgehead atoms. The summed E-state index contributed by atoms with van der Waals surface area (Å²) in [7, 11) is 0. The molecule has 1 N–H and O–H groups in total. The molecule has 0 aromatic heterocycles. The van der Waals surface area contributed by atoms with E-state index in [9.17, 15) is 4.79 Å². The first-order valence-corrected chi connectivity index (χ1v) is 7.66. The smallest absolute Gasteiger partial charge is 0.410 e. The van der Waals surface area contributed by atoms with E-state index in [1.54, 1.807) is 0 Å². The molecule has 21 heavy (non-hydrogen) atoms. The van der Waals surface area contributed by atoms with Gasteiger partial charge in [0.15, 0.2) is 0 Å². The number of amides is 1. The summed E-state index contributed by atoms with van der Waals surface area (Å²) in [6.07, 6.45) is 1.87. The van der Waals surface area contributed by atoms with Gasteiger partial charge in [-0.1, -0.05) is 18.2 Å². The highest BCUT2D eigenvalue weighted by molar-refractivity contribution is 5.69. The molecule has 1 aromatic carbocycles. The van der Waals surface area contributed by atoms with Gasteiger partial charge in [0.2, 0.25) is 0 Å². The Kier molecular flexibility index (Phi) is 4.76. The fourth-order valence-corrected chi connectivity index (χ4v) is 2.61. The topological polar surface area (TPSA) is 41.6 Å². The van der Waals surface area contributed by atoms with E-state index in [0.717, 1.165) is 31.6 Å². The first-order valence-electron chi connectivity index (χ1n) is 7.66. The van der Waals surface area contributed by atoms with Gasteiger partial charge in [0, 0.05) is 18.8 Å². The lowest BCUT2D eigenvalue weighted by atomic mass is 10.1. The van der Waals surface area contributed by atoms with Gasteiger partial charge < -0.3 is 15.0 Å². The highest BCUT2D eigenvalue weighted by atomic mass is 16.6. The standard InChI is InChI=1S/C17H26N2O2/c1-13-8-5-6-10-15(13)18-12-14-9-7-11-19(14)16(20)21-17(2,3)4/h5-6,8,10,14,18H,7,9,11-12H2,1-4H3. The van der Waals surface area contributed by atoms with E-state index < -0.39 is 5.60 Å². The maximum atomic E-state index is 12.2. The van der Waals surface area contributed by atoms with Crippen LogP contribution in [0.4, 0.5) is 10.5 Å². The molecule has 4 nitrogen and oxygen atoms in total. The van der Waals surface area contributed by atoms with Crippen molar-refractivity contribution in [3.05, 3.63) is 29.8 Å². The minimum Gasteiger partial charge on any atom is -0.444 e. The second-order valence-electron chi connectivity index (χ2n) is 6.67. The molecule has 0 radical (unpaired) electrons. The SMILES string of the molecule is Cc1ccccc1NCC1CCCN1C(=O)OC(C)(C)C. The lowest BCUT2D eigenvalue weighted by molar-refractivity contribution is 0.0235. The van der Waals surface area contributed by atoms with Crippen LogP contribution in [0.3, 0.4) is 0 Å². The van der Waals surface area contributed by atoms with Crippen LogP contribution >= 0.6 is 0 Å². The number of benzene rings is 1. The molecule has 116 valence electrons.